The molecule has 0 heterocycles. The molecule has 0 aromatic heterocycles. The van der Waals surface area contributed by atoms with Crippen LogP contribution in [-0.4, -0.2) is 0 Å². The van der Waals surface area contributed by atoms with Gasteiger partial charge in [0.05, 0.1) is 38.1 Å². The molecule has 3 atom stereocenters. The lowest BCUT2D eigenvalue weighted by Gasteiger charge is -2.31. The highest BCUT2D eigenvalue weighted by Gasteiger charge is 2.28. The third kappa shape index (κ3) is 4.18. The molecule has 0 saturated carbocycles. The van der Waals surface area contributed by atoms with Crippen LogP contribution in [0.2, 0.25) is 0 Å². The Bertz CT molecular complexity index is 1230. The summed E-state index contributed by atoms with van der Waals surface area (Å²) in [4.78, 5) is 0. The third-order valence-electron chi connectivity index (χ3n) is 7.89. The van der Waals surface area contributed by atoms with Crippen molar-refractivity contribution in [2.45, 2.75) is 57.4 Å². The number of rotatable bonds is 9. The Labute approximate surface area is 212 Å². The highest BCUT2D eigenvalue weighted by atomic mass is 16.5. The summed E-state index contributed by atoms with van der Waals surface area (Å²) >= 11 is 0. The van der Waals surface area contributed by atoms with E-state index in [2.05, 4.69) is 91.0 Å². The molecular weight excluding hydrogens is 444 g/mol. The molecule has 3 unspecified atom stereocenters. The Morgan fingerprint density at radius 1 is 0.444 bits per heavy atom. The maximum Gasteiger partial charge on any atom is 0.0872 e. The first-order valence-corrected chi connectivity index (χ1v) is 13.0. The Kier molecular flexibility index (Phi) is 5.70. The Morgan fingerprint density at radius 3 is 1.06 bits per heavy atom. The summed E-state index contributed by atoms with van der Waals surface area (Å²) in [5.74, 6) is 0. The molecule has 3 aliphatic rings. The molecular formula is C33H30O3. The van der Waals surface area contributed by atoms with Crippen molar-refractivity contribution in [1.82, 2.24) is 0 Å². The van der Waals surface area contributed by atoms with Crippen molar-refractivity contribution < 1.29 is 14.2 Å². The molecule has 3 heteroatoms. The van der Waals surface area contributed by atoms with Crippen molar-refractivity contribution in [3.8, 4) is 0 Å². The van der Waals surface area contributed by atoms with Gasteiger partial charge in [0.1, 0.15) is 0 Å². The lowest BCUT2D eigenvalue weighted by atomic mass is 9.85. The Hall–Kier alpha value is -3.24. The third-order valence-corrected chi connectivity index (χ3v) is 7.89. The van der Waals surface area contributed by atoms with Crippen molar-refractivity contribution in [1.29, 1.82) is 0 Å². The number of ether oxygens (including phenoxy) is 3. The molecule has 7 rings (SSSR count). The summed E-state index contributed by atoms with van der Waals surface area (Å²) in [5.41, 5.74) is 11.7. The van der Waals surface area contributed by atoms with Gasteiger partial charge in [-0.05, 0) is 50.1 Å². The topological polar surface area (TPSA) is 27.7 Å². The second-order valence-electron chi connectivity index (χ2n) is 10.3. The Morgan fingerprint density at radius 2 is 0.750 bits per heavy atom. The fourth-order valence-electron chi connectivity index (χ4n) is 5.76. The zero-order valence-corrected chi connectivity index (χ0v) is 20.4. The molecule has 0 radical (unpaired) electrons. The second-order valence-corrected chi connectivity index (χ2v) is 10.3. The highest BCUT2D eigenvalue weighted by Crippen LogP contribution is 2.39. The average Bonchev–Trinajstić information content (AvgIpc) is 2.86. The first-order valence-electron chi connectivity index (χ1n) is 13.0. The van der Waals surface area contributed by atoms with Crippen LogP contribution < -0.4 is 0 Å². The lowest BCUT2D eigenvalue weighted by Crippen LogP contribution is -2.20. The van der Waals surface area contributed by atoms with Crippen LogP contribution in [0.25, 0.3) is 0 Å². The van der Waals surface area contributed by atoms with Gasteiger partial charge in [-0.1, -0.05) is 91.0 Å². The van der Waals surface area contributed by atoms with Gasteiger partial charge in [-0.25, -0.2) is 0 Å². The van der Waals surface area contributed by atoms with Crippen molar-refractivity contribution in [2.24, 2.45) is 0 Å². The van der Waals surface area contributed by atoms with E-state index in [1.54, 1.807) is 0 Å². The molecule has 0 amide bonds. The molecule has 4 aromatic carbocycles. The largest absolute Gasteiger partial charge is 0.368 e. The first-order chi connectivity index (χ1) is 17.8. The molecule has 180 valence electrons. The quantitative estimate of drug-likeness (QED) is 0.258. The Balaban J connectivity index is 1.04. The maximum atomic E-state index is 6.33. The van der Waals surface area contributed by atoms with Crippen LogP contribution in [0.5, 0.6) is 0 Å². The first kappa shape index (κ1) is 22.0. The highest BCUT2D eigenvalue weighted by molar-refractivity contribution is 5.40. The number of hydrogen-bond acceptors (Lipinski definition) is 3. The van der Waals surface area contributed by atoms with Crippen LogP contribution in [0.4, 0.5) is 0 Å². The van der Waals surface area contributed by atoms with Gasteiger partial charge in [-0.3, -0.25) is 0 Å². The molecule has 0 N–H and O–H groups in total. The molecule has 0 saturated heterocycles. The minimum absolute atomic E-state index is 0.193. The molecule has 0 aliphatic heterocycles. The molecule has 3 aliphatic carbocycles. The standard InChI is InChI=1S/C33H30O3/c1-4-10-28-25(7-1)16-31(28)34-19-22-13-23(20-35-32-17-26-8-2-5-11-29(26)32)15-24(14-22)21-36-33-18-27-9-3-6-12-30(27)33/h1-15,31-33H,16-21H2. The average molecular weight is 475 g/mol. The zero-order valence-electron chi connectivity index (χ0n) is 20.4. The monoisotopic (exact) mass is 474 g/mol. The van der Waals surface area contributed by atoms with E-state index in [9.17, 15) is 0 Å². The van der Waals surface area contributed by atoms with Crippen molar-refractivity contribution in [3.05, 3.63) is 141 Å². The van der Waals surface area contributed by atoms with Gasteiger partial charge < -0.3 is 14.2 Å². The van der Waals surface area contributed by atoms with Crippen LogP contribution >= 0.6 is 0 Å². The number of fused-ring (bicyclic) bond motifs is 3. The van der Waals surface area contributed by atoms with Gasteiger partial charge in [0.25, 0.3) is 0 Å². The molecule has 0 spiro atoms. The van der Waals surface area contributed by atoms with Gasteiger partial charge in [0.15, 0.2) is 0 Å². The fraction of sp³-hybridized carbons (Fsp3) is 0.273. The van der Waals surface area contributed by atoms with E-state index >= 15 is 0 Å². The summed E-state index contributed by atoms with van der Waals surface area (Å²) in [5, 5.41) is 0. The van der Waals surface area contributed by atoms with Crippen LogP contribution in [0.15, 0.2) is 91.0 Å². The smallest absolute Gasteiger partial charge is 0.0872 e. The molecule has 4 aromatic rings. The van der Waals surface area contributed by atoms with Gasteiger partial charge in [-0.15, -0.1) is 0 Å². The summed E-state index contributed by atoms with van der Waals surface area (Å²) in [7, 11) is 0. The summed E-state index contributed by atoms with van der Waals surface area (Å²) < 4.78 is 19.0. The van der Waals surface area contributed by atoms with Crippen LogP contribution in [0.3, 0.4) is 0 Å². The minimum Gasteiger partial charge on any atom is -0.368 e. The van der Waals surface area contributed by atoms with Gasteiger partial charge in [-0.2, -0.15) is 0 Å². The van der Waals surface area contributed by atoms with E-state index in [0.717, 1.165) is 19.3 Å². The molecule has 0 bridgehead atoms. The van der Waals surface area contributed by atoms with Crippen molar-refractivity contribution in [2.75, 3.05) is 0 Å². The molecule has 36 heavy (non-hydrogen) atoms. The van der Waals surface area contributed by atoms with Gasteiger partial charge in [0.2, 0.25) is 0 Å². The van der Waals surface area contributed by atoms with E-state index in [4.69, 9.17) is 14.2 Å². The van der Waals surface area contributed by atoms with Gasteiger partial charge >= 0.3 is 0 Å². The number of hydrogen-bond donors (Lipinski definition) is 0. The predicted octanol–water partition coefficient (Wildman–Crippen LogP) is 7.13. The van der Waals surface area contributed by atoms with E-state index in [0.29, 0.717) is 19.8 Å². The van der Waals surface area contributed by atoms with Crippen LogP contribution in [0.1, 0.15) is 68.4 Å². The SMILES string of the molecule is c1ccc2c(c1)CC2OCc1cc(COC2Cc3ccccc32)cc(COC2Cc3ccccc32)c1. The number of benzene rings is 4. The van der Waals surface area contributed by atoms with E-state index in [1.807, 2.05) is 0 Å². The molecule has 0 fully saturated rings. The van der Waals surface area contributed by atoms with Crippen molar-refractivity contribution >= 4 is 0 Å². The second kappa shape index (κ2) is 9.33. The normalized spacial score (nSPS) is 20.8. The summed E-state index contributed by atoms with van der Waals surface area (Å²) in [6.07, 6.45) is 3.57. The minimum atomic E-state index is 0.193. The maximum absolute atomic E-state index is 6.33. The summed E-state index contributed by atoms with van der Waals surface area (Å²) in [6, 6.07) is 32.4. The van der Waals surface area contributed by atoms with Crippen LogP contribution in [0, 0.1) is 0 Å². The lowest BCUT2D eigenvalue weighted by molar-refractivity contribution is 0.0189. The van der Waals surface area contributed by atoms with E-state index < -0.39 is 0 Å². The van der Waals surface area contributed by atoms with Gasteiger partial charge in [0, 0.05) is 19.3 Å². The predicted molar refractivity (Wildman–Crippen MR) is 139 cm³/mol. The molecule has 3 nitrogen and oxygen atoms in total. The van der Waals surface area contributed by atoms with E-state index in [1.165, 1.54) is 50.1 Å². The van der Waals surface area contributed by atoms with E-state index in [-0.39, 0.29) is 18.3 Å². The van der Waals surface area contributed by atoms with Crippen molar-refractivity contribution in [3.63, 3.8) is 0 Å². The fourth-order valence-corrected chi connectivity index (χ4v) is 5.76. The zero-order chi connectivity index (χ0) is 23.9. The summed E-state index contributed by atoms with van der Waals surface area (Å²) in [6.45, 7) is 1.79. The van der Waals surface area contributed by atoms with Crippen LogP contribution in [-0.2, 0) is 53.3 Å².